The molecule has 0 atom stereocenters. The minimum absolute atomic E-state index is 0.603. The number of hydrogen-bond donors (Lipinski definition) is 0. The highest BCUT2D eigenvalue weighted by Crippen LogP contribution is 2.24. The average molecular weight is 181 g/mol. The molecule has 0 aliphatic carbocycles. The fourth-order valence-corrected chi connectivity index (χ4v) is 1.34. The van der Waals surface area contributed by atoms with E-state index in [4.69, 9.17) is 9.47 Å². The summed E-state index contributed by atoms with van der Waals surface area (Å²) in [6.07, 6.45) is 0.923. The fourth-order valence-electron chi connectivity index (χ4n) is 1.34. The molecule has 0 bridgehead atoms. The Morgan fingerprint density at radius 3 is 2.46 bits per heavy atom. The molecule has 0 fully saturated rings. The summed E-state index contributed by atoms with van der Waals surface area (Å²) in [6, 6.07) is 1.92. The fraction of sp³-hybridized carbons (Fsp3) is 0.500. The minimum atomic E-state index is 0.603. The Kier molecular flexibility index (Phi) is 3.12. The van der Waals surface area contributed by atoms with E-state index in [-0.39, 0.29) is 0 Å². The van der Waals surface area contributed by atoms with Gasteiger partial charge in [0, 0.05) is 11.6 Å². The van der Waals surface area contributed by atoms with Crippen LogP contribution in [0.2, 0.25) is 0 Å². The average Bonchev–Trinajstić information content (AvgIpc) is 2.16. The molecule has 1 aromatic rings. The second-order valence-electron chi connectivity index (χ2n) is 2.82. The molecule has 13 heavy (non-hydrogen) atoms. The van der Waals surface area contributed by atoms with Gasteiger partial charge in [-0.2, -0.15) is 4.98 Å². The van der Waals surface area contributed by atoms with Crippen molar-refractivity contribution in [1.29, 1.82) is 0 Å². The standard InChI is InChI=1S/C10H15NO2/c1-5-8-7(2)6-9(12-3)11-10(8)13-4/h6H,5H2,1-4H3. The second-order valence-corrected chi connectivity index (χ2v) is 2.82. The van der Waals surface area contributed by atoms with Crippen LogP contribution in [0.15, 0.2) is 6.07 Å². The van der Waals surface area contributed by atoms with Crippen LogP contribution >= 0.6 is 0 Å². The van der Waals surface area contributed by atoms with Crippen molar-refractivity contribution in [3.63, 3.8) is 0 Å². The molecule has 3 nitrogen and oxygen atoms in total. The van der Waals surface area contributed by atoms with E-state index < -0.39 is 0 Å². The number of rotatable bonds is 3. The van der Waals surface area contributed by atoms with Gasteiger partial charge in [-0.05, 0) is 18.9 Å². The van der Waals surface area contributed by atoms with Crippen molar-refractivity contribution in [2.24, 2.45) is 0 Å². The maximum Gasteiger partial charge on any atom is 0.219 e. The van der Waals surface area contributed by atoms with Gasteiger partial charge in [-0.1, -0.05) is 6.92 Å². The molecule has 0 saturated carbocycles. The first kappa shape index (κ1) is 9.84. The van der Waals surface area contributed by atoms with E-state index in [1.54, 1.807) is 14.2 Å². The lowest BCUT2D eigenvalue weighted by Gasteiger charge is -2.10. The van der Waals surface area contributed by atoms with Crippen LogP contribution in [0.3, 0.4) is 0 Å². The number of pyridine rings is 1. The van der Waals surface area contributed by atoms with Crippen molar-refractivity contribution in [2.45, 2.75) is 20.3 Å². The van der Waals surface area contributed by atoms with E-state index in [9.17, 15) is 0 Å². The summed E-state index contributed by atoms with van der Waals surface area (Å²) in [5.41, 5.74) is 2.30. The Labute approximate surface area is 78.7 Å². The molecule has 72 valence electrons. The maximum atomic E-state index is 5.17. The summed E-state index contributed by atoms with van der Waals surface area (Å²) in [5.74, 6) is 1.27. The zero-order valence-electron chi connectivity index (χ0n) is 8.55. The zero-order chi connectivity index (χ0) is 9.84. The van der Waals surface area contributed by atoms with Gasteiger partial charge in [0.25, 0.3) is 0 Å². The smallest absolute Gasteiger partial charge is 0.219 e. The molecule has 0 radical (unpaired) electrons. The van der Waals surface area contributed by atoms with Crippen molar-refractivity contribution in [3.8, 4) is 11.8 Å². The van der Waals surface area contributed by atoms with Crippen molar-refractivity contribution in [3.05, 3.63) is 17.2 Å². The zero-order valence-corrected chi connectivity index (χ0v) is 8.55. The van der Waals surface area contributed by atoms with Gasteiger partial charge in [0.05, 0.1) is 14.2 Å². The van der Waals surface area contributed by atoms with E-state index in [0.717, 1.165) is 17.5 Å². The van der Waals surface area contributed by atoms with Crippen LogP contribution in [-0.4, -0.2) is 19.2 Å². The molecule has 1 rings (SSSR count). The van der Waals surface area contributed by atoms with Crippen LogP contribution < -0.4 is 9.47 Å². The van der Waals surface area contributed by atoms with Crippen molar-refractivity contribution in [1.82, 2.24) is 4.98 Å². The lowest BCUT2D eigenvalue weighted by molar-refractivity contribution is 0.361. The largest absolute Gasteiger partial charge is 0.481 e. The highest BCUT2D eigenvalue weighted by atomic mass is 16.5. The Morgan fingerprint density at radius 2 is 2.00 bits per heavy atom. The molecule has 0 N–H and O–H groups in total. The topological polar surface area (TPSA) is 31.4 Å². The van der Waals surface area contributed by atoms with E-state index >= 15 is 0 Å². The summed E-state index contributed by atoms with van der Waals surface area (Å²) in [4.78, 5) is 4.20. The Morgan fingerprint density at radius 1 is 1.31 bits per heavy atom. The van der Waals surface area contributed by atoms with Crippen LogP contribution in [0.5, 0.6) is 11.8 Å². The van der Waals surface area contributed by atoms with E-state index in [1.807, 2.05) is 13.0 Å². The van der Waals surface area contributed by atoms with Gasteiger partial charge in [0.1, 0.15) is 0 Å². The van der Waals surface area contributed by atoms with E-state index in [1.165, 1.54) is 0 Å². The van der Waals surface area contributed by atoms with Crippen molar-refractivity contribution < 1.29 is 9.47 Å². The SMILES string of the molecule is CCc1c(C)cc(OC)nc1OC. The number of nitrogens with zero attached hydrogens (tertiary/aromatic N) is 1. The summed E-state index contributed by atoms with van der Waals surface area (Å²) in [7, 11) is 3.23. The molecular formula is C10H15NO2. The van der Waals surface area contributed by atoms with Crippen LogP contribution in [-0.2, 0) is 6.42 Å². The van der Waals surface area contributed by atoms with Gasteiger partial charge >= 0.3 is 0 Å². The Hall–Kier alpha value is -1.25. The molecule has 3 heteroatoms. The minimum Gasteiger partial charge on any atom is -0.481 e. The highest BCUT2D eigenvalue weighted by molar-refractivity contribution is 5.38. The van der Waals surface area contributed by atoms with Crippen LogP contribution in [0, 0.1) is 6.92 Å². The number of hydrogen-bond acceptors (Lipinski definition) is 3. The molecule has 0 aromatic carbocycles. The molecule has 0 saturated heterocycles. The molecule has 0 unspecified atom stereocenters. The van der Waals surface area contributed by atoms with Crippen LogP contribution in [0.1, 0.15) is 18.1 Å². The van der Waals surface area contributed by atoms with Crippen molar-refractivity contribution >= 4 is 0 Å². The second kappa shape index (κ2) is 4.12. The van der Waals surface area contributed by atoms with Gasteiger partial charge in [-0.25, -0.2) is 0 Å². The third kappa shape index (κ3) is 1.91. The van der Waals surface area contributed by atoms with E-state index in [2.05, 4.69) is 11.9 Å². The Balaban J connectivity index is 3.20. The lowest BCUT2D eigenvalue weighted by Crippen LogP contribution is -1.99. The van der Waals surface area contributed by atoms with Gasteiger partial charge in [0.15, 0.2) is 0 Å². The predicted octanol–water partition coefficient (Wildman–Crippen LogP) is 1.97. The molecule has 1 aromatic heterocycles. The highest BCUT2D eigenvalue weighted by Gasteiger charge is 2.08. The number of aromatic nitrogens is 1. The van der Waals surface area contributed by atoms with Gasteiger partial charge in [0.2, 0.25) is 11.8 Å². The molecular weight excluding hydrogens is 166 g/mol. The maximum absolute atomic E-state index is 5.17. The molecule has 0 amide bonds. The monoisotopic (exact) mass is 181 g/mol. The summed E-state index contributed by atoms with van der Waals surface area (Å²) >= 11 is 0. The third-order valence-electron chi connectivity index (χ3n) is 2.04. The quantitative estimate of drug-likeness (QED) is 0.714. The van der Waals surface area contributed by atoms with E-state index in [0.29, 0.717) is 11.8 Å². The normalized spacial score (nSPS) is 9.85. The number of methoxy groups -OCH3 is 2. The number of ether oxygens (including phenoxy) is 2. The first-order chi connectivity index (χ1) is 6.22. The van der Waals surface area contributed by atoms with Gasteiger partial charge < -0.3 is 9.47 Å². The lowest BCUT2D eigenvalue weighted by atomic mass is 10.1. The molecule has 0 spiro atoms. The molecule has 0 aliphatic rings. The van der Waals surface area contributed by atoms with Crippen molar-refractivity contribution in [2.75, 3.05) is 14.2 Å². The summed E-state index contributed by atoms with van der Waals surface area (Å²) < 4.78 is 10.2. The number of aryl methyl sites for hydroxylation is 1. The first-order valence-electron chi connectivity index (χ1n) is 4.31. The molecule has 1 heterocycles. The predicted molar refractivity (Wildman–Crippen MR) is 51.5 cm³/mol. The van der Waals surface area contributed by atoms with Gasteiger partial charge in [-0.3, -0.25) is 0 Å². The summed E-state index contributed by atoms with van der Waals surface area (Å²) in [6.45, 7) is 4.12. The summed E-state index contributed by atoms with van der Waals surface area (Å²) in [5, 5.41) is 0. The third-order valence-corrected chi connectivity index (χ3v) is 2.04. The first-order valence-corrected chi connectivity index (χ1v) is 4.31. The van der Waals surface area contributed by atoms with Crippen LogP contribution in [0.4, 0.5) is 0 Å². The van der Waals surface area contributed by atoms with Gasteiger partial charge in [-0.15, -0.1) is 0 Å². The van der Waals surface area contributed by atoms with Crippen LogP contribution in [0.25, 0.3) is 0 Å². The molecule has 0 aliphatic heterocycles. The Bertz CT molecular complexity index is 297.